The third kappa shape index (κ3) is 3.34. The zero-order valence-corrected chi connectivity index (χ0v) is 17.7. The number of aliphatic hydroxyl groups is 1. The van der Waals surface area contributed by atoms with E-state index < -0.39 is 35.0 Å². The smallest absolute Gasteiger partial charge is 0.312 e. The Hall–Kier alpha value is -1.67. The molecule has 2 amide bonds. The molecule has 3 aliphatic rings. The molecule has 164 valence electrons. The van der Waals surface area contributed by atoms with Crippen molar-refractivity contribution in [2.24, 2.45) is 11.8 Å². The van der Waals surface area contributed by atoms with Crippen molar-refractivity contribution >= 4 is 17.8 Å². The number of carbonyl (C=O) groups excluding carboxylic acids is 3. The van der Waals surface area contributed by atoms with Crippen LogP contribution in [0.4, 0.5) is 0 Å². The zero-order valence-electron chi connectivity index (χ0n) is 17.7. The molecule has 3 aliphatic heterocycles. The van der Waals surface area contributed by atoms with Crippen LogP contribution in [0.3, 0.4) is 0 Å². The summed E-state index contributed by atoms with van der Waals surface area (Å²) in [7, 11) is 0. The fourth-order valence-electron chi connectivity index (χ4n) is 5.58. The van der Waals surface area contributed by atoms with Gasteiger partial charge in [-0.15, -0.1) is 0 Å². The number of hydrogen-bond acceptors (Lipinski definition) is 6. The maximum Gasteiger partial charge on any atom is 0.312 e. The molecule has 0 aromatic carbocycles. The molecule has 1 spiro atoms. The normalized spacial score (nSPS) is 35.1. The summed E-state index contributed by atoms with van der Waals surface area (Å²) >= 11 is 0. The molecule has 0 aromatic heterocycles. The number of nitrogens with one attached hydrogen (secondary N) is 1. The van der Waals surface area contributed by atoms with Crippen molar-refractivity contribution in [3.05, 3.63) is 0 Å². The number of fused-ring (bicyclic) bond motifs is 1. The second-order valence-corrected chi connectivity index (χ2v) is 8.34. The lowest BCUT2D eigenvalue weighted by Crippen LogP contribution is -2.55. The molecule has 0 aliphatic carbocycles. The van der Waals surface area contributed by atoms with E-state index in [0.717, 1.165) is 12.8 Å². The van der Waals surface area contributed by atoms with E-state index >= 15 is 0 Å². The lowest BCUT2D eigenvalue weighted by Gasteiger charge is -2.33. The van der Waals surface area contributed by atoms with Gasteiger partial charge in [-0.3, -0.25) is 14.4 Å². The summed E-state index contributed by atoms with van der Waals surface area (Å²) in [5.74, 6) is -2.29. The van der Waals surface area contributed by atoms with Gasteiger partial charge in [-0.2, -0.15) is 0 Å². The van der Waals surface area contributed by atoms with Crippen LogP contribution >= 0.6 is 0 Å². The fraction of sp³-hybridized carbons (Fsp3) is 0.857. The van der Waals surface area contributed by atoms with E-state index in [9.17, 15) is 19.5 Å². The van der Waals surface area contributed by atoms with Crippen molar-refractivity contribution < 1.29 is 29.0 Å². The summed E-state index contributed by atoms with van der Waals surface area (Å²) in [6.45, 7) is 6.70. The Labute approximate surface area is 172 Å². The van der Waals surface area contributed by atoms with Gasteiger partial charge in [-0.05, 0) is 39.0 Å². The molecule has 3 saturated heterocycles. The number of carbonyl (C=O) groups is 3. The highest BCUT2D eigenvalue weighted by atomic mass is 16.6. The summed E-state index contributed by atoms with van der Waals surface area (Å²) in [5, 5.41) is 12.2. The Bertz CT molecular complexity index is 655. The number of likely N-dealkylation sites (tertiary alicyclic amines) is 1. The van der Waals surface area contributed by atoms with E-state index in [0.29, 0.717) is 32.2 Å². The standard InChI is InChI=1S/C21H34N2O6/c1-4-7-11-22-17(25)16-21-10-9-20(5-2,29-21)15(19(27)28-6-3)14(21)18(26)23(16)12-8-13-24/h14-16,24H,4-13H2,1-3H3,(H,22,25)/t14-,15-,16?,20+,21?/m0/s1. The van der Waals surface area contributed by atoms with Gasteiger partial charge in [-0.1, -0.05) is 20.3 Å². The molecule has 3 rings (SSSR count). The van der Waals surface area contributed by atoms with Crippen LogP contribution in [0.25, 0.3) is 0 Å². The summed E-state index contributed by atoms with van der Waals surface area (Å²) in [6, 6.07) is -0.781. The number of nitrogens with zero attached hydrogens (tertiary/aromatic N) is 1. The average Bonchev–Trinajstić information content (AvgIpc) is 3.30. The highest BCUT2D eigenvalue weighted by Crippen LogP contribution is 2.64. The van der Waals surface area contributed by atoms with Crippen molar-refractivity contribution in [3.63, 3.8) is 0 Å². The number of rotatable bonds is 10. The Morgan fingerprint density at radius 2 is 2.03 bits per heavy atom. The third-order valence-electron chi connectivity index (χ3n) is 6.86. The second kappa shape index (κ2) is 8.60. The first-order valence-corrected chi connectivity index (χ1v) is 11.0. The minimum absolute atomic E-state index is 0.0767. The molecule has 0 radical (unpaired) electrons. The molecule has 2 bridgehead atoms. The molecule has 0 saturated carbocycles. The van der Waals surface area contributed by atoms with Crippen LogP contribution in [0.1, 0.15) is 59.3 Å². The van der Waals surface area contributed by atoms with E-state index in [4.69, 9.17) is 9.47 Å². The number of aliphatic hydroxyl groups excluding tert-OH is 1. The van der Waals surface area contributed by atoms with Gasteiger partial charge in [0, 0.05) is 19.7 Å². The van der Waals surface area contributed by atoms with E-state index in [2.05, 4.69) is 5.32 Å². The van der Waals surface area contributed by atoms with Crippen LogP contribution in [0.5, 0.6) is 0 Å². The topological polar surface area (TPSA) is 105 Å². The van der Waals surface area contributed by atoms with Gasteiger partial charge in [-0.25, -0.2) is 0 Å². The number of esters is 1. The Balaban J connectivity index is 1.98. The molecule has 0 aromatic rings. The van der Waals surface area contributed by atoms with E-state index in [1.165, 1.54) is 4.90 Å². The molecule has 29 heavy (non-hydrogen) atoms. The molecular formula is C21H34N2O6. The van der Waals surface area contributed by atoms with Crippen LogP contribution in [0, 0.1) is 11.8 Å². The number of ether oxygens (including phenoxy) is 2. The lowest BCUT2D eigenvalue weighted by molar-refractivity contribution is -0.160. The number of unbranched alkanes of at least 4 members (excludes halogenated alkanes) is 1. The average molecular weight is 411 g/mol. The first-order valence-electron chi connectivity index (χ1n) is 11.0. The Morgan fingerprint density at radius 3 is 2.66 bits per heavy atom. The highest BCUT2D eigenvalue weighted by Gasteiger charge is 2.78. The molecule has 5 atom stereocenters. The van der Waals surface area contributed by atoms with Crippen molar-refractivity contribution in [3.8, 4) is 0 Å². The van der Waals surface area contributed by atoms with Crippen LogP contribution in [0.2, 0.25) is 0 Å². The molecule has 8 nitrogen and oxygen atoms in total. The van der Waals surface area contributed by atoms with Crippen molar-refractivity contribution in [2.75, 3.05) is 26.3 Å². The van der Waals surface area contributed by atoms with Crippen LogP contribution in [-0.4, -0.2) is 71.3 Å². The maximum absolute atomic E-state index is 13.5. The van der Waals surface area contributed by atoms with Crippen molar-refractivity contribution in [2.45, 2.75) is 76.5 Å². The Morgan fingerprint density at radius 1 is 1.28 bits per heavy atom. The Kier molecular flexibility index (Phi) is 6.53. The van der Waals surface area contributed by atoms with Crippen LogP contribution in [-0.2, 0) is 23.9 Å². The van der Waals surface area contributed by atoms with E-state index in [-0.39, 0.29) is 31.6 Å². The number of amides is 2. The predicted octanol–water partition coefficient (Wildman–Crippen LogP) is 1.00. The molecular weight excluding hydrogens is 376 g/mol. The van der Waals surface area contributed by atoms with Gasteiger partial charge >= 0.3 is 5.97 Å². The van der Waals surface area contributed by atoms with Crippen LogP contribution < -0.4 is 5.32 Å². The van der Waals surface area contributed by atoms with Gasteiger partial charge in [0.2, 0.25) is 11.8 Å². The monoisotopic (exact) mass is 410 g/mol. The number of hydrogen-bond donors (Lipinski definition) is 2. The third-order valence-corrected chi connectivity index (χ3v) is 6.86. The predicted molar refractivity (Wildman–Crippen MR) is 105 cm³/mol. The van der Waals surface area contributed by atoms with Gasteiger partial charge in [0.15, 0.2) is 0 Å². The first-order chi connectivity index (χ1) is 13.9. The van der Waals surface area contributed by atoms with Gasteiger partial charge in [0.25, 0.3) is 0 Å². The SMILES string of the molecule is CCCCNC(=O)C1N(CCCO)C(=O)[C@@H]2[C@@H](C(=O)OCC)[C@@]3(CC)CCC12O3. The minimum atomic E-state index is -1.00. The first kappa shape index (κ1) is 22.0. The second-order valence-electron chi connectivity index (χ2n) is 8.34. The minimum Gasteiger partial charge on any atom is -0.466 e. The van der Waals surface area contributed by atoms with Gasteiger partial charge in [0.05, 0.1) is 18.1 Å². The quantitative estimate of drug-likeness (QED) is 0.411. The van der Waals surface area contributed by atoms with Crippen molar-refractivity contribution in [1.82, 2.24) is 10.2 Å². The summed E-state index contributed by atoms with van der Waals surface area (Å²) in [5.41, 5.74) is -1.76. The zero-order chi connectivity index (χ0) is 21.2. The van der Waals surface area contributed by atoms with E-state index in [1.807, 2.05) is 13.8 Å². The lowest BCUT2D eigenvalue weighted by atomic mass is 9.65. The van der Waals surface area contributed by atoms with Gasteiger partial charge in [0.1, 0.15) is 17.6 Å². The van der Waals surface area contributed by atoms with E-state index in [1.54, 1.807) is 6.92 Å². The van der Waals surface area contributed by atoms with Crippen LogP contribution in [0.15, 0.2) is 0 Å². The maximum atomic E-state index is 13.5. The summed E-state index contributed by atoms with van der Waals surface area (Å²) in [6.07, 6.45) is 3.95. The molecule has 2 N–H and O–H groups in total. The molecule has 3 heterocycles. The molecule has 8 heteroatoms. The summed E-state index contributed by atoms with van der Waals surface area (Å²) in [4.78, 5) is 41.1. The van der Waals surface area contributed by atoms with Gasteiger partial charge < -0.3 is 24.8 Å². The fourth-order valence-corrected chi connectivity index (χ4v) is 5.58. The molecule has 3 fully saturated rings. The highest BCUT2D eigenvalue weighted by molar-refractivity contribution is 5.98. The van der Waals surface area contributed by atoms with Crippen molar-refractivity contribution in [1.29, 1.82) is 0 Å². The summed E-state index contributed by atoms with van der Waals surface area (Å²) < 4.78 is 11.9. The largest absolute Gasteiger partial charge is 0.466 e. The molecule has 2 unspecified atom stereocenters.